The third kappa shape index (κ3) is 3.85. The van der Waals surface area contributed by atoms with Crippen molar-refractivity contribution in [2.75, 3.05) is 6.54 Å². The fourth-order valence-electron chi connectivity index (χ4n) is 1.97. The summed E-state index contributed by atoms with van der Waals surface area (Å²) in [4.78, 5) is 22.3. The van der Waals surface area contributed by atoms with E-state index in [4.69, 9.17) is 28.3 Å². The minimum absolute atomic E-state index is 0.194. The molecule has 0 saturated heterocycles. The van der Waals surface area contributed by atoms with Gasteiger partial charge < -0.3 is 10.4 Å². The topological polar surface area (TPSA) is 66.4 Å². The van der Waals surface area contributed by atoms with Gasteiger partial charge in [0.2, 0.25) is 5.91 Å². The second-order valence-corrected chi connectivity index (χ2v) is 5.48. The zero-order chi connectivity index (χ0) is 14.0. The molecule has 1 amide bonds. The van der Waals surface area contributed by atoms with Gasteiger partial charge in [-0.1, -0.05) is 23.2 Å². The van der Waals surface area contributed by atoms with Crippen LogP contribution in [0.5, 0.6) is 0 Å². The number of benzene rings is 1. The molecule has 6 heteroatoms. The van der Waals surface area contributed by atoms with Gasteiger partial charge in [0.25, 0.3) is 0 Å². The van der Waals surface area contributed by atoms with Crippen LogP contribution in [0, 0.1) is 11.8 Å². The Morgan fingerprint density at radius 3 is 2.37 bits per heavy atom. The van der Waals surface area contributed by atoms with Gasteiger partial charge in [-0.15, -0.1) is 0 Å². The number of carboxylic acids is 1. The lowest BCUT2D eigenvalue weighted by molar-refractivity contribution is -0.140. The van der Waals surface area contributed by atoms with E-state index < -0.39 is 11.9 Å². The maximum Gasteiger partial charge on any atom is 0.307 e. The second kappa shape index (κ2) is 5.80. The summed E-state index contributed by atoms with van der Waals surface area (Å²) in [5.74, 6) is -1.98. The largest absolute Gasteiger partial charge is 0.481 e. The van der Waals surface area contributed by atoms with Crippen molar-refractivity contribution < 1.29 is 14.7 Å². The molecule has 1 saturated carbocycles. The molecule has 1 aliphatic carbocycles. The second-order valence-electron chi connectivity index (χ2n) is 4.61. The van der Waals surface area contributed by atoms with Gasteiger partial charge in [-0.3, -0.25) is 9.59 Å². The fourth-order valence-corrected chi connectivity index (χ4v) is 2.55. The molecule has 0 radical (unpaired) electrons. The summed E-state index contributed by atoms with van der Waals surface area (Å²) in [6.45, 7) is 0.443. The van der Waals surface area contributed by atoms with Gasteiger partial charge >= 0.3 is 5.97 Å². The molecule has 1 aromatic carbocycles. The first kappa shape index (κ1) is 14.2. The van der Waals surface area contributed by atoms with Gasteiger partial charge in [-0.25, -0.2) is 0 Å². The number of carboxylic acid groups (broad SMARTS) is 1. The van der Waals surface area contributed by atoms with Crippen molar-refractivity contribution in [2.45, 2.75) is 12.8 Å². The SMILES string of the molecule is O=C(O)C1CC1C(=O)NCCc1cc(Cl)cc(Cl)c1. The maximum absolute atomic E-state index is 11.6. The molecular formula is C13H13Cl2NO3. The minimum atomic E-state index is -0.901. The van der Waals surface area contributed by atoms with Crippen LogP contribution >= 0.6 is 23.2 Å². The van der Waals surface area contributed by atoms with Crippen molar-refractivity contribution in [3.63, 3.8) is 0 Å². The molecule has 0 bridgehead atoms. The molecule has 2 atom stereocenters. The summed E-state index contributed by atoms with van der Waals surface area (Å²) >= 11 is 11.7. The zero-order valence-electron chi connectivity index (χ0n) is 10.0. The Hall–Kier alpha value is -1.26. The first-order valence-corrected chi connectivity index (χ1v) is 6.68. The molecule has 2 rings (SSSR count). The smallest absolute Gasteiger partial charge is 0.307 e. The first-order chi connectivity index (χ1) is 8.97. The number of hydrogen-bond acceptors (Lipinski definition) is 2. The molecule has 1 aliphatic rings. The summed E-state index contributed by atoms with van der Waals surface area (Å²) in [6, 6.07) is 5.22. The van der Waals surface area contributed by atoms with Crippen molar-refractivity contribution in [2.24, 2.45) is 11.8 Å². The number of nitrogens with one attached hydrogen (secondary N) is 1. The lowest BCUT2D eigenvalue weighted by Crippen LogP contribution is -2.28. The van der Waals surface area contributed by atoms with Crippen LogP contribution in [0.1, 0.15) is 12.0 Å². The average Bonchev–Trinajstić information content (AvgIpc) is 3.07. The van der Waals surface area contributed by atoms with Crippen molar-refractivity contribution in [3.8, 4) is 0 Å². The highest BCUT2D eigenvalue weighted by molar-refractivity contribution is 6.34. The van der Waals surface area contributed by atoms with Gasteiger partial charge in [-0.2, -0.15) is 0 Å². The molecule has 4 nitrogen and oxygen atoms in total. The van der Waals surface area contributed by atoms with E-state index in [1.54, 1.807) is 18.2 Å². The number of carbonyl (C=O) groups excluding carboxylic acids is 1. The third-order valence-corrected chi connectivity index (χ3v) is 3.52. The maximum atomic E-state index is 11.6. The lowest BCUT2D eigenvalue weighted by atomic mass is 10.1. The molecule has 0 aromatic heterocycles. The van der Waals surface area contributed by atoms with Crippen LogP contribution < -0.4 is 5.32 Å². The van der Waals surface area contributed by atoms with E-state index in [-0.39, 0.29) is 11.8 Å². The van der Waals surface area contributed by atoms with Crippen LogP contribution in [0.3, 0.4) is 0 Å². The van der Waals surface area contributed by atoms with Crippen molar-refractivity contribution in [1.29, 1.82) is 0 Å². The fraction of sp³-hybridized carbons (Fsp3) is 0.385. The van der Waals surface area contributed by atoms with Crippen LogP contribution in [0.15, 0.2) is 18.2 Å². The number of amides is 1. The van der Waals surface area contributed by atoms with Gasteiger partial charge in [0.15, 0.2) is 0 Å². The van der Waals surface area contributed by atoms with Crippen molar-refractivity contribution in [3.05, 3.63) is 33.8 Å². The van der Waals surface area contributed by atoms with Gasteiger partial charge in [0, 0.05) is 16.6 Å². The third-order valence-electron chi connectivity index (χ3n) is 3.08. The van der Waals surface area contributed by atoms with E-state index in [2.05, 4.69) is 5.32 Å². The predicted molar refractivity (Wildman–Crippen MR) is 72.4 cm³/mol. The molecule has 0 heterocycles. The zero-order valence-corrected chi connectivity index (χ0v) is 11.5. The Bertz CT molecular complexity index is 498. The first-order valence-electron chi connectivity index (χ1n) is 5.93. The Balaban J connectivity index is 1.78. The number of halogens is 2. The van der Waals surface area contributed by atoms with Crippen LogP contribution in [0.2, 0.25) is 10.0 Å². The quantitative estimate of drug-likeness (QED) is 0.877. The molecule has 0 spiro atoms. The van der Waals surface area contributed by atoms with Crippen molar-refractivity contribution in [1.82, 2.24) is 5.32 Å². The van der Waals surface area contributed by atoms with E-state index >= 15 is 0 Å². The lowest BCUT2D eigenvalue weighted by Gasteiger charge is -2.05. The highest BCUT2D eigenvalue weighted by Crippen LogP contribution is 2.38. The standard InChI is InChI=1S/C13H13Cl2NO3/c14-8-3-7(4-9(15)5-8)1-2-16-12(17)10-6-11(10)13(18)19/h3-5,10-11H,1-2,6H2,(H,16,17)(H,18,19). The Morgan fingerprint density at radius 1 is 1.21 bits per heavy atom. The van der Waals surface area contributed by atoms with Crippen LogP contribution in [-0.2, 0) is 16.0 Å². The summed E-state index contributed by atoms with van der Waals surface area (Å²) < 4.78 is 0. The molecule has 0 aliphatic heterocycles. The Labute approximate surface area is 120 Å². The number of carbonyl (C=O) groups is 2. The van der Waals surface area contributed by atoms with Crippen molar-refractivity contribution >= 4 is 35.1 Å². The van der Waals surface area contributed by atoms with Gasteiger partial charge in [0.1, 0.15) is 0 Å². The number of rotatable bonds is 5. The minimum Gasteiger partial charge on any atom is -0.481 e. The average molecular weight is 302 g/mol. The highest BCUT2D eigenvalue weighted by atomic mass is 35.5. The van der Waals surface area contributed by atoms with E-state index in [1.165, 1.54) is 0 Å². The van der Waals surface area contributed by atoms with E-state index in [0.29, 0.717) is 29.4 Å². The summed E-state index contributed by atoms with van der Waals surface area (Å²) in [6.07, 6.45) is 1.04. The normalized spacial score (nSPS) is 20.9. The molecular weight excluding hydrogens is 289 g/mol. The monoisotopic (exact) mass is 301 g/mol. The van der Waals surface area contributed by atoms with E-state index in [1.807, 2.05) is 0 Å². The number of hydrogen-bond donors (Lipinski definition) is 2. The molecule has 1 fully saturated rings. The molecule has 19 heavy (non-hydrogen) atoms. The van der Waals surface area contributed by atoms with Crippen LogP contribution in [0.25, 0.3) is 0 Å². The highest BCUT2D eigenvalue weighted by Gasteiger charge is 2.48. The van der Waals surface area contributed by atoms with Gasteiger partial charge in [-0.05, 0) is 36.6 Å². The summed E-state index contributed by atoms with van der Waals surface area (Å²) in [5.41, 5.74) is 0.934. The summed E-state index contributed by atoms with van der Waals surface area (Å²) in [5, 5.41) is 12.6. The molecule has 2 N–H and O–H groups in total. The number of aliphatic carboxylic acids is 1. The Morgan fingerprint density at radius 2 is 1.84 bits per heavy atom. The van der Waals surface area contributed by atoms with Crippen LogP contribution in [-0.4, -0.2) is 23.5 Å². The van der Waals surface area contributed by atoms with Gasteiger partial charge in [0.05, 0.1) is 11.8 Å². The van der Waals surface area contributed by atoms with Crippen LogP contribution in [0.4, 0.5) is 0 Å². The molecule has 102 valence electrons. The van der Waals surface area contributed by atoms with E-state index in [9.17, 15) is 9.59 Å². The predicted octanol–water partition coefficient (Wildman–Crippen LogP) is 2.37. The summed E-state index contributed by atoms with van der Waals surface area (Å²) in [7, 11) is 0. The Kier molecular flexibility index (Phi) is 4.32. The molecule has 1 aromatic rings. The van der Waals surface area contributed by atoms with E-state index in [0.717, 1.165) is 5.56 Å². The molecule has 2 unspecified atom stereocenters.